The fraction of sp³-hybridized carbons (Fsp3) is 0.318. The van der Waals surface area contributed by atoms with Crippen molar-refractivity contribution in [3.05, 3.63) is 64.9 Å². The third-order valence-corrected chi connectivity index (χ3v) is 5.50. The molecule has 1 aromatic heterocycles. The molecule has 1 atom stereocenters. The normalized spacial score (nSPS) is 16.7. The first-order valence-corrected chi connectivity index (χ1v) is 9.35. The number of likely N-dealkylation sites (tertiary alicyclic amines) is 1. The number of halogens is 2. The van der Waals surface area contributed by atoms with Gasteiger partial charge in [0.1, 0.15) is 23.1 Å². The van der Waals surface area contributed by atoms with Gasteiger partial charge in [0.05, 0.1) is 7.11 Å². The van der Waals surface area contributed by atoms with Gasteiger partial charge in [-0.15, -0.1) is 0 Å². The predicted molar refractivity (Wildman–Crippen MR) is 104 cm³/mol. The molecule has 1 aliphatic heterocycles. The first kappa shape index (κ1) is 18.5. The average molecular weight is 384 g/mol. The second-order valence-electron chi connectivity index (χ2n) is 7.42. The Morgan fingerprint density at radius 1 is 1.21 bits per heavy atom. The molecule has 4 nitrogen and oxygen atoms in total. The van der Waals surface area contributed by atoms with Crippen molar-refractivity contribution >= 4 is 16.8 Å². The molecule has 1 aliphatic rings. The standard InChI is InChI=1S/C22H22F2N2O2/c1-13-19-11-18(28-2)3-4-20(19)25-21(13)22(27)26-6-5-14(12-26)7-15-8-16(23)10-17(24)9-15/h3-4,8-11,14,25H,5-7,12H2,1-2H3. The van der Waals surface area contributed by atoms with Gasteiger partial charge in [0, 0.05) is 30.1 Å². The van der Waals surface area contributed by atoms with Gasteiger partial charge in [-0.05, 0) is 67.1 Å². The van der Waals surface area contributed by atoms with Gasteiger partial charge in [0.2, 0.25) is 0 Å². The van der Waals surface area contributed by atoms with Crippen LogP contribution in [0.25, 0.3) is 10.9 Å². The minimum Gasteiger partial charge on any atom is -0.497 e. The summed E-state index contributed by atoms with van der Waals surface area (Å²) in [6, 6.07) is 9.29. The van der Waals surface area contributed by atoms with Crippen LogP contribution < -0.4 is 4.74 Å². The smallest absolute Gasteiger partial charge is 0.270 e. The number of amides is 1. The number of H-pyrrole nitrogens is 1. The molecule has 2 aromatic carbocycles. The van der Waals surface area contributed by atoms with Crippen molar-refractivity contribution in [3.63, 3.8) is 0 Å². The third-order valence-electron chi connectivity index (χ3n) is 5.50. The van der Waals surface area contributed by atoms with Crippen molar-refractivity contribution in [3.8, 4) is 5.75 Å². The van der Waals surface area contributed by atoms with E-state index in [2.05, 4.69) is 4.98 Å². The zero-order valence-corrected chi connectivity index (χ0v) is 15.9. The van der Waals surface area contributed by atoms with E-state index in [1.165, 1.54) is 12.1 Å². The quantitative estimate of drug-likeness (QED) is 0.721. The van der Waals surface area contributed by atoms with Crippen LogP contribution in [0.1, 0.15) is 28.0 Å². The van der Waals surface area contributed by atoms with Gasteiger partial charge in [-0.1, -0.05) is 0 Å². The van der Waals surface area contributed by atoms with Gasteiger partial charge >= 0.3 is 0 Å². The molecule has 1 N–H and O–H groups in total. The fourth-order valence-corrected chi connectivity index (χ4v) is 4.05. The summed E-state index contributed by atoms with van der Waals surface area (Å²) in [5.74, 6) is -0.234. The zero-order valence-electron chi connectivity index (χ0n) is 15.9. The van der Waals surface area contributed by atoms with Crippen LogP contribution in [-0.4, -0.2) is 36.0 Å². The maximum Gasteiger partial charge on any atom is 0.270 e. The van der Waals surface area contributed by atoms with Crippen LogP contribution in [0.3, 0.4) is 0 Å². The van der Waals surface area contributed by atoms with E-state index < -0.39 is 11.6 Å². The number of aromatic amines is 1. The van der Waals surface area contributed by atoms with Crippen LogP contribution in [0.2, 0.25) is 0 Å². The molecule has 146 valence electrons. The summed E-state index contributed by atoms with van der Waals surface area (Å²) >= 11 is 0. The molecule has 0 aliphatic carbocycles. The lowest BCUT2D eigenvalue weighted by molar-refractivity contribution is 0.0781. The Morgan fingerprint density at radius 2 is 1.96 bits per heavy atom. The zero-order chi connectivity index (χ0) is 19.8. The van der Waals surface area contributed by atoms with E-state index in [-0.39, 0.29) is 11.8 Å². The minimum atomic E-state index is -0.565. The number of methoxy groups -OCH3 is 1. The minimum absolute atomic E-state index is 0.0411. The molecular weight excluding hydrogens is 362 g/mol. The SMILES string of the molecule is COc1ccc2[nH]c(C(=O)N3CCC(Cc4cc(F)cc(F)c4)C3)c(C)c2c1. The third kappa shape index (κ3) is 3.46. The summed E-state index contributed by atoms with van der Waals surface area (Å²) in [5.41, 5.74) is 3.01. The lowest BCUT2D eigenvalue weighted by atomic mass is 9.98. The number of nitrogens with zero attached hydrogens (tertiary/aromatic N) is 1. The Hall–Kier alpha value is -2.89. The van der Waals surface area contributed by atoms with Gasteiger partial charge in [0.25, 0.3) is 5.91 Å². The second kappa shape index (κ2) is 7.26. The van der Waals surface area contributed by atoms with Crippen molar-refractivity contribution in [1.29, 1.82) is 0 Å². The second-order valence-corrected chi connectivity index (χ2v) is 7.42. The highest BCUT2D eigenvalue weighted by Crippen LogP contribution is 2.29. The summed E-state index contributed by atoms with van der Waals surface area (Å²) in [6.07, 6.45) is 1.37. The van der Waals surface area contributed by atoms with E-state index in [1.54, 1.807) is 7.11 Å². The molecule has 28 heavy (non-hydrogen) atoms. The van der Waals surface area contributed by atoms with Crippen LogP contribution >= 0.6 is 0 Å². The van der Waals surface area contributed by atoms with Crippen molar-refractivity contribution < 1.29 is 18.3 Å². The maximum atomic E-state index is 13.4. The number of rotatable bonds is 4. The number of hydrogen-bond donors (Lipinski definition) is 1. The number of carbonyl (C=O) groups excluding carboxylic acids is 1. The first-order chi connectivity index (χ1) is 13.4. The molecule has 6 heteroatoms. The number of ether oxygens (including phenoxy) is 1. The molecule has 2 heterocycles. The van der Waals surface area contributed by atoms with Gasteiger partial charge in [-0.3, -0.25) is 4.79 Å². The summed E-state index contributed by atoms with van der Waals surface area (Å²) in [6.45, 7) is 3.14. The molecule has 0 bridgehead atoms. The molecule has 0 radical (unpaired) electrons. The van der Waals surface area contributed by atoms with E-state index in [1.807, 2.05) is 30.0 Å². The molecule has 1 saturated heterocycles. The van der Waals surface area contributed by atoms with E-state index in [4.69, 9.17) is 4.74 Å². The van der Waals surface area contributed by atoms with Crippen molar-refractivity contribution in [2.24, 2.45) is 5.92 Å². The van der Waals surface area contributed by atoms with Gasteiger partial charge < -0.3 is 14.6 Å². The van der Waals surface area contributed by atoms with Crippen molar-refractivity contribution in [2.75, 3.05) is 20.2 Å². The Balaban J connectivity index is 1.50. The number of benzene rings is 2. The molecule has 1 amide bonds. The van der Waals surface area contributed by atoms with Crippen molar-refractivity contribution in [2.45, 2.75) is 19.8 Å². The number of carbonyl (C=O) groups is 1. The number of hydrogen-bond acceptors (Lipinski definition) is 2. The Labute approximate surface area is 162 Å². The first-order valence-electron chi connectivity index (χ1n) is 9.35. The number of nitrogens with one attached hydrogen (secondary N) is 1. The molecule has 0 saturated carbocycles. The van der Waals surface area contributed by atoms with Crippen LogP contribution in [0.15, 0.2) is 36.4 Å². The topological polar surface area (TPSA) is 45.3 Å². The highest BCUT2D eigenvalue weighted by Gasteiger charge is 2.29. The van der Waals surface area contributed by atoms with E-state index in [9.17, 15) is 13.6 Å². The Kier molecular flexibility index (Phi) is 4.79. The lowest BCUT2D eigenvalue weighted by Crippen LogP contribution is -2.29. The van der Waals surface area contributed by atoms with Gasteiger partial charge in [0.15, 0.2) is 0 Å². The van der Waals surface area contributed by atoms with Gasteiger partial charge in [-0.2, -0.15) is 0 Å². The summed E-state index contributed by atoms with van der Waals surface area (Å²) < 4.78 is 32.1. The van der Waals surface area contributed by atoms with Crippen LogP contribution in [0, 0.1) is 24.5 Å². The molecule has 1 fully saturated rings. The number of aromatic nitrogens is 1. The summed E-state index contributed by atoms with van der Waals surface area (Å²) in [5, 5.41) is 0.966. The van der Waals surface area contributed by atoms with Crippen LogP contribution in [-0.2, 0) is 6.42 Å². The Bertz CT molecular complexity index is 1020. The highest BCUT2D eigenvalue weighted by atomic mass is 19.1. The fourth-order valence-electron chi connectivity index (χ4n) is 4.05. The molecule has 4 rings (SSSR count). The molecule has 1 unspecified atom stereocenters. The van der Waals surface area contributed by atoms with Crippen LogP contribution in [0.4, 0.5) is 8.78 Å². The van der Waals surface area contributed by atoms with Crippen molar-refractivity contribution in [1.82, 2.24) is 9.88 Å². The molecule has 3 aromatic rings. The predicted octanol–water partition coefficient (Wildman–Crippen LogP) is 4.47. The number of aryl methyl sites for hydroxylation is 1. The van der Waals surface area contributed by atoms with E-state index in [0.29, 0.717) is 30.8 Å². The highest BCUT2D eigenvalue weighted by molar-refractivity contribution is 6.01. The Morgan fingerprint density at radius 3 is 2.68 bits per heavy atom. The van der Waals surface area contributed by atoms with E-state index in [0.717, 1.165) is 34.7 Å². The molecule has 0 spiro atoms. The monoisotopic (exact) mass is 384 g/mol. The molecular formula is C22H22F2N2O2. The van der Waals surface area contributed by atoms with Crippen LogP contribution in [0.5, 0.6) is 5.75 Å². The summed E-state index contributed by atoms with van der Waals surface area (Å²) in [7, 11) is 1.62. The summed E-state index contributed by atoms with van der Waals surface area (Å²) in [4.78, 5) is 18.1. The van der Waals surface area contributed by atoms with Gasteiger partial charge in [-0.25, -0.2) is 8.78 Å². The van der Waals surface area contributed by atoms with E-state index >= 15 is 0 Å². The maximum absolute atomic E-state index is 13.4. The average Bonchev–Trinajstić information content (AvgIpc) is 3.25. The lowest BCUT2D eigenvalue weighted by Gasteiger charge is -2.16. The largest absolute Gasteiger partial charge is 0.497 e. The number of fused-ring (bicyclic) bond motifs is 1.